The molecule has 1 aromatic carbocycles. The molecule has 8 heteroatoms. The Morgan fingerprint density at radius 3 is 2.67 bits per heavy atom. The van der Waals surface area contributed by atoms with Crippen LogP contribution in [-0.4, -0.2) is 52.3 Å². The maximum atomic E-state index is 17.4. The molecule has 1 aromatic rings. The Hall–Kier alpha value is -1.87. The van der Waals surface area contributed by atoms with Crippen LogP contribution in [0.25, 0.3) is 0 Å². The van der Waals surface area contributed by atoms with Crippen molar-refractivity contribution < 1.29 is 29.0 Å². The molecule has 6 nitrogen and oxygen atoms in total. The quantitative estimate of drug-likeness (QED) is 0.579. The second-order valence-electron chi connectivity index (χ2n) is 11.6. The van der Waals surface area contributed by atoms with Gasteiger partial charge in [0.15, 0.2) is 22.8 Å². The van der Waals surface area contributed by atoms with Crippen molar-refractivity contribution in [2.45, 2.75) is 56.9 Å². The van der Waals surface area contributed by atoms with E-state index in [0.29, 0.717) is 25.8 Å². The Kier molecular flexibility index (Phi) is 5.31. The van der Waals surface area contributed by atoms with Crippen LogP contribution < -0.4 is 5.06 Å². The minimum Gasteiger partial charge on any atom is -0.390 e. The lowest BCUT2D eigenvalue weighted by Gasteiger charge is -2.62. The van der Waals surface area contributed by atoms with Crippen molar-refractivity contribution in [3.05, 3.63) is 52.5 Å². The Balaban J connectivity index is 1.43. The zero-order valence-corrected chi connectivity index (χ0v) is 22.0. The molecule has 8 atom stereocenters. The molecule has 36 heavy (non-hydrogen) atoms. The van der Waals surface area contributed by atoms with Gasteiger partial charge in [-0.05, 0) is 74.9 Å². The zero-order chi connectivity index (χ0) is 25.7. The first-order valence-electron chi connectivity index (χ1n) is 12.7. The van der Waals surface area contributed by atoms with Gasteiger partial charge in [-0.25, -0.2) is 4.39 Å². The van der Waals surface area contributed by atoms with E-state index in [1.807, 2.05) is 31.2 Å². The number of hydrogen-bond donors (Lipinski definition) is 2. The molecule has 1 saturated heterocycles. The standard InChI is InChI=1S/C28H31BrFNO5/c1-25-10-9-20(33)11-16(25)3-8-21-22-12-17-14-31(19-6-4-18(29)5-7-19)36-28(17,24(35)15-32)26(22,2)13-23(34)27(21,25)30/h4-7,9-11,17,21-23,32,34H,3,8,12-15H2,1-2H3/t17-,21-,22-,23-,25-,26-,27-,28-/m0/s1. The van der Waals surface area contributed by atoms with E-state index in [-0.39, 0.29) is 24.0 Å². The fraction of sp³-hybridized carbons (Fsp3) is 0.571. The van der Waals surface area contributed by atoms with Gasteiger partial charge in [-0.3, -0.25) is 19.5 Å². The number of rotatable bonds is 3. The summed E-state index contributed by atoms with van der Waals surface area (Å²) in [6, 6.07) is 7.60. The highest BCUT2D eigenvalue weighted by atomic mass is 79.9. The molecule has 4 fully saturated rings. The van der Waals surface area contributed by atoms with Gasteiger partial charge in [0.1, 0.15) is 6.61 Å². The largest absolute Gasteiger partial charge is 0.390 e. The number of allylic oxidation sites excluding steroid dienone is 4. The van der Waals surface area contributed by atoms with E-state index < -0.39 is 46.5 Å². The van der Waals surface area contributed by atoms with E-state index >= 15 is 4.39 Å². The van der Waals surface area contributed by atoms with Crippen molar-refractivity contribution in [2.75, 3.05) is 18.2 Å². The lowest BCUT2D eigenvalue weighted by molar-refractivity contribution is -0.223. The van der Waals surface area contributed by atoms with Gasteiger partial charge in [0.05, 0.1) is 18.3 Å². The molecule has 0 radical (unpaired) electrons. The number of carbonyl (C=O) groups is 2. The number of alkyl halides is 1. The lowest BCUT2D eigenvalue weighted by Crippen LogP contribution is -2.69. The Morgan fingerprint density at radius 2 is 1.97 bits per heavy atom. The molecule has 5 aliphatic rings. The minimum absolute atomic E-state index is 0.0335. The molecule has 0 amide bonds. The summed E-state index contributed by atoms with van der Waals surface area (Å²) < 4.78 is 18.3. The average Bonchev–Trinajstić information content (AvgIpc) is 3.34. The predicted octanol–water partition coefficient (Wildman–Crippen LogP) is 4.10. The van der Waals surface area contributed by atoms with Crippen LogP contribution >= 0.6 is 15.9 Å². The highest BCUT2D eigenvalue weighted by molar-refractivity contribution is 9.10. The van der Waals surface area contributed by atoms with Crippen LogP contribution in [0.2, 0.25) is 0 Å². The van der Waals surface area contributed by atoms with Gasteiger partial charge in [0, 0.05) is 27.1 Å². The van der Waals surface area contributed by atoms with Crippen molar-refractivity contribution in [1.82, 2.24) is 0 Å². The number of aliphatic hydroxyl groups is 2. The van der Waals surface area contributed by atoms with Gasteiger partial charge in [-0.15, -0.1) is 0 Å². The molecule has 4 aliphatic carbocycles. The summed E-state index contributed by atoms with van der Waals surface area (Å²) in [7, 11) is 0. The van der Waals surface area contributed by atoms with Crippen molar-refractivity contribution >= 4 is 33.2 Å². The molecule has 2 N–H and O–H groups in total. The molecule has 0 spiro atoms. The number of Topliss-reactive ketones (excluding diaryl/α,β-unsaturated/α-hetero) is 1. The number of nitrogens with zero attached hydrogens (tertiary/aromatic N) is 1. The number of hydrogen-bond acceptors (Lipinski definition) is 6. The van der Waals surface area contributed by atoms with Crippen LogP contribution in [-0.2, 0) is 14.4 Å². The zero-order valence-electron chi connectivity index (χ0n) is 20.4. The maximum Gasteiger partial charge on any atom is 0.193 e. The number of halogens is 2. The second kappa shape index (κ2) is 7.82. The minimum atomic E-state index is -1.97. The van der Waals surface area contributed by atoms with Crippen LogP contribution in [0, 0.1) is 28.6 Å². The number of ketones is 2. The first-order valence-corrected chi connectivity index (χ1v) is 13.5. The maximum absolute atomic E-state index is 17.4. The number of hydroxylamine groups is 1. The summed E-state index contributed by atoms with van der Waals surface area (Å²) >= 11 is 3.44. The van der Waals surface area contributed by atoms with Gasteiger partial charge in [0.2, 0.25) is 0 Å². The molecule has 0 unspecified atom stereocenters. The first-order chi connectivity index (χ1) is 17.0. The van der Waals surface area contributed by atoms with Gasteiger partial charge < -0.3 is 10.2 Å². The third-order valence-corrected chi connectivity index (χ3v) is 10.8. The fourth-order valence-electron chi connectivity index (χ4n) is 8.63. The molecular weight excluding hydrogens is 529 g/mol. The SMILES string of the molecule is C[C@]12C=CC(=O)C=C1CC[C@H]1[C@@H]3C[C@H]4CN(c5ccc(Br)cc5)O[C@@]4(C(=O)CO)[C@@]3(C)C[C@H](O)[C@@]12F. The number of fused-ring (bicyclic) bond motifs is 7. The summed E-state index contributed by atoms with van der Waals surface area (Å²) in [6.07, 6.45) is 4.87. The monoisotopic (exact) mass is 559 g/mol. The second-order valence-corrected chi connectivity index (χ2v) is 12.6. The molecule has 1 heterocycles. The van der Waals surface area contributed by atoms with Gasteiger partial charge >= 0.3 is 0 Å². The van der Waals surface area contributed by atoms with E-state index in [9.17, 15) is 19.8 Å². The van der Waals surface area contributed by atoms with Crippen LogP contribution in [0.5, 0.6) is 0 Å². The van der Waals surface area contributed by atoms with Gasteiger partial charge in [-0.1, -0.05) is 34.5 Å². The van der Waals surface area contributed by atoms with Crippen molar-refractivity contribution in [3.8, 4) is 0 Å². The Morgan fingerprint density at radius 1 is 1.25 bits per heavy atom. The number of benzene rings is 1. The molecule has 192 valence electrons. The fourth-order valence-corrected chi connectivity index (χ4v) is 8.90. The van der Waals surface area contributed by atoms with Gasteiger partial charge in [0.25, 0.3) is 0 Å². The third-order valence-electron chi connectivity index (χ3n) is 10.3. The molecular formula is C28H31BrFNO5. The van der Waals surface area contributed by atoms with E-state index in [4.69, 9.17) is 4.84 Å². The normalized spacial score (nSPS) is 45.0. The Bertz CT molecular complexity index is 1200. The molecule has 0 aromatic heterocycles. The van der Waals surface area contributed by atoms with E-state index in [0.717, 1.165) is 15.7 Å². The highest BCUT2D eigenvalue weighted by Crippen LogP contribution is 2.72. The highest BCUT2D eigenvalue weighted by Gasteiger charge is 2.78. The molecule has 0 bridgehead atoms. The van der Waals surface area contributed by atoms with Crippen LogP contribution in [0.3, 0.4) is 0 Å². The van der Waals surface area contributed by atoms with E-state index in [2.05, 4.69) is 15.9 Å². The molecule has 1 aliphatic heterocycles. The Labute approximate surface area is 218 Å². The lowest BCUT2D eigenvalue weighted by atomic mass is 9.44. The number of aliphatic hydroxyl groups excluding tert-OH is 2. The summed E-state index contributed by atoms with van der Waals surface area (Å²) in [5, 5.41) is 23.4. The number of anilines is 1. The van der Waals surface area contributed by atoms with Crippen molar-refractivity contribution in [2.24, 2.45) is 28.6 Å². The van der Waals surface area contributed by atoms with Crippen LogP contribution in [0.4, 0.5) is 10.1 Å². The van der Waals surface area contributed by atoms with Crippen molar-refractivity contribution in [1.29, 1.82) is 0 Å². The summed E-state index contributed by atoms with van der Waals surface area (Å²) in [5.41, 5.74) is -3.74. The third kappa shape index (κ3) is 2.82. The topological polar surface area (TPSA) is 87.1 Å². The average molecular weight is 560 g/mol. The first kappa shape index (κ1) is 24.5. The smallest absolute Gasteiger partial charge is 0.193 e. The van der Waals surface area contributed by atoms with Crippen LogP contribution in [0.15, 0.2) is 52.5 Å². The van der Waals surface area contributed by atoms with E-state index in [1.165, 1.54) is 12.2 Å². The summed E-state index contributed by atoms with van der Waals surface area (Å²) in [4.78, 5) is 32.1. The number of carbonyl (C=O) groups excluding carboxylic acids is 2. The van der Waals surface area contributed by atoms with E-state index in [1.54, 1.807) is 18.1 Å². The predicted molar refractivity (Wildman–Crippen MR) is 135 cm³/mol. The van der Waals surface area contributed by atoms with Crippen molar-refractivity contribution in [3.63, 3.8) is 0 Å². The summed E-state index contributed by atoms with van der Waals surface area (Å²) in [6.45, 7) is 3.49. The van der Waals surface area contributed by atoms with Gasteiger partial charge in [-0.2, -0.15) is 0 Å². The molecule has 6 rings (SSSR count). The van der Waals surface area contributed by atoms with Crippen LogP contribution in [0.1, 0.15) is 39.5 Å². The molecule has 3 saturated carbocycles. The summed E-state index contributed by atoms with van der Waals surface area (Å²) in [5.74, 6) is -1.54.